The molecule has 1 aromatic carbocycles. The normalized spacial score (nSPS) is 13.4. The fourth-order valence-corrected chi connectivity index (χ4v) is 1.52. The smallest absolute Gasteiger partial charge is 0.161 e. The van der Waals surface area contributed by atoms with Crippen molar-refractivity contribution < 1.29 is 9.47 Å². The van der Waals surface area contributed by atoms with Gasteiger partial charge in [-0.2, -0.15) is 5.26 Å². The maximum absolute atomic E-state index is 8.79. The van der Waals surface area contributed by atoms with Gasteiger partial charge in [0.1, 0.15) is 5.54 Å². The Balaban J connectivity index is 2.42. The summed E-state index contributed by atoms with van der Waals surface area (Å²) in [7, 11) is 0. The second kappa shape index (κ2) is 6.87. The van der Waals surface area contributed by atoms with E-state index in [0.29, 0.717) is 19.6 Å². The number of hydrogen-bond acceptors (Lipinski definition) is 4. The monoisotopic (exact) mass is 248 g/mol. The largest absolute Gasteiger partial charge is 0.490 e. The van der Waals surface area contributed by atoms with E-state index in [-0.39, 0.29) is 0 Å². The maximum atomic E-state index is 8.79. The van der Waals surface area contributed by atoms with Crippen LogP contribution in [0.3, 0.4) is 0 Å². The van der Waals surface area contributed by atoms with Crippen LogP contribution in [0.5, 0.6) is 11.5 Å². The Hall–Kier alpha value is -1.73. The standard InChI is InChI=1S/C14H20N2O2/c1-3-17-12-7-4-5-8-13(12)18-10-6-9-14(2,16)11-15/h4-5,7-8H,3,6,9-10,16H2,1-2H3. The van der Waals surface area contributed by atoms with Gasteiger partial charge in [0, 0.05) is 0 Å². The van der Waals surface area contributed by atoms with Crippen LogP contribution in [0.4, 0.5) is 0 Å². The summed E-state index contributed by atoms with van der Waals surface area (Å²) in [6.45, 7) is 4.79. The van der Waals surface area contributed by atoms with Gasteiger partial charge in [0.25, 0.3) is 0 Å². The molecule has 0 aliphatic heterocycles. The van der Waals surface area contributed by atoms with Gasteiger partial charge in [0.05, 0.1) is 19.3 Å². The zero-order valence-corrected chi connectivity index (χ0v) is 11.0. The van der Waals surface area contributed by atoms with Gasteiger partial charge in [-0.05, 0) is 38.8 Å². The molecule has 1 atom stereocenters. The van der Waals surface area contributed by atoms with Crippen LogP contribution in [0, 0.1) is 11.3 Å². The third-order valence-electron chi connectivity index (χ3n) is 2.50. The Morgan fingerprint density at radius 3 is 2.44 bits per heavy atom. The number of benzene rings is 1. The molecule has 1 unspecified atom stereocenters. The highest BCUT2D eigenvalue weighted by molar-refractivity contribution is 5.39. The number of para-hydroxylation sites is 2. The predicted octanol–water partition coefficient (Wildman–Crippen LogP) is 2.49. The van der Waals surface area contributed by atoms with Crippen LogP contribution in [0.1, 0.15) is 26.7 Å². The van der Waals surface area contributed by atoms with Gasteiger partial charge in [-0.15, -0.1) is 0 Å². The lowest BCUT2D eigenvalue weighted by atomic mass is 10.00. The number of hydrogen-bond donors (Lipinski definition) is 1. The lowest BCUT2D eigenvalue weighted by Crippen LogP contribution is -2.34. The number of nitrogens with two attached hydrogens (primary N) is 1. The number of rotatable bonds is 7. The molecule has 18 heavy (non-hydrogen) atoms. The summed E-state index contributed by atoms with van der Waals surface area (Å²) in [5, 5.41) is 8.79. The van der Waals surface area contributed by atoms with Crippen molar-refractivity contribution in [1.29, 1.82) is 5.26 Å². The van der Waals surface area contributed by atoms with E-state index in [9.17, 15) is 0 Å². The van der Waals surface area contributed by atoms with E-state index >= 15 is 0 Å². The van der Waals surface area contributed by atoms with E-state index < -0.39 is 5.54 Å². The average Bonchev–Trinajstić information content (AvgIpc) is 2.37. The van der Waals surface area contributed by atoms with E-state index in [1.54, 1.807) is 6.92 Å². The molecule has 0 saturated heterocycles. The highest BCUT2D eigenvalue weighted by Crippen LogP contribution is 2.26. The molecule has 98 valence electrons. The van der Waals surface area contributed by atoms with Gasteiger partial charge in [-0.25, -0.2) is 0 Å². The van der Waals surface area contributed by atoms with Crippen molar-refractivity contribution in [2.45, 2.75) is 32.2 Å². The fourth-order valence-electron chi connectivity index (χ4n) is 1.52. The van der Waals surface area contributed by atoms with E-state index in [0.717, 1.165) is 17.9 Å². The molecule has 0 fully saturated rings. The Bertz CT molecular complexity index is 411. The molecule has 0 saturated carbocycles. The third-order valence-corrected chi connectivity index (χ3v) is 2.50. The summed E-state index contributed by atoms with van der Waals surface area (Å²) in [4.78, 5) is 0. The van der Waals surface area contributed by atoms with Crippen LogP contribution in [0.15, 0.2) is 24.3 Å². The SMILES string of the molecule is CCOc1ccccc1OCCCC(C)(N)C#N. The molecule has 0 radical (unpaired) electrons. The van der Waals surface area contributed by atoms with E-state index in [1.165, 1.54) is 0 Å². The van der Waals surface area contributed by atoms with Crippen molar-refractivity contribution in [3.63, 3.8) is 0 Å². The first-order chi connectivity index (χ1) is 8.59. The molecule has 1 aromatic rings. The van der Waals surface area contributed by atoms with E-state index in [1.807, 2.05) is 31.2 Å². The molecule has 0 bridgehead atoms. The Morgan fingerprint density at radius 2 is 1.89 bits per heavy atom. The van der Waals surface area contributed by atoms with Crippen LogP contribution >= 0.6 is 0 Å². The lowest BCUT2D eigenvalue weighted by Gasteiger charge is -2.16. The molecule has 0 aromatic heterocycles. The van der Waals surface area contributed by atoms with Gasteiger partial charge in [-0.3, -0.25) is 0 Å². The minimum absolute atomic E-state index is 0.526. The molecule has 0 heterocycles. The summed E-state index contributed by atoms with van der Waals surface area (Å²) in [5.41, 5.74) is 4.96. The van der Waals surface area contributed by atoms with Gasteiger partial charge < -0.3 is 15.2 Å². The van der Waals surface area contributed by atoms with Crippen molar-refractivity contribution >= 4 is 0 Å². The van der Waals surface area contributed by atoms with Crippen molar-refractivity contribution in [3.05, 3.63) is 24.3 Å². The topological polar surface area (TPSA) is 68.3 Å². The number of ether oxygens (including phenoxy) is 2. The molecule has 2 N–H and O–H groups in total. The van der Waals surface area contributed by atoms with E-state index in [4.69, 9.17) is 20.5 Å². The minimum atomic E-state index is -0.775. The summed E-state index contributed by atoms with van der Waals surface area (Å²) in [6, 6.07) is 9.63. The minimum Gasteiger partial charge on any atom is -0.490 e. The van der Waals surface area contributed by atoms with Gasteiger partial charge in [0.15, 0.2) is 11.5 Å². The maximum Gasteiger partial charge on any atom is 0.161 e. The summed E-state index contributed by atoms with van der Waals surface area (Å²) < 4.78 is 11.1. The van der Waals surface area contributed by atoms with Crippen molar-refractivity contribution in [2.75, 3.05) is 13.2 Å². The first kappa shape index (κ1) is 14.3. The summed E-state index contributed by atoms with van der Waals surface area (Å²) in [5.74, 6) is 1.48. The van der Waals surface area contributed by atoms with Crippen LogP contribution in [-0.4, -0.2) is 18.8 Å². The highest BCUT2D eigenvalue weighted by Gasteiger charge is 2.16. The second-order valence-corrected chi connectivity index (χ2v) is 4.36. The first-order valence-electron chi connectivity index (χ1n) is 6.14. The van der Waals surface area contributed by atoms with Gasteiger partial charge in [-0.1, -0.05) is 12.1 Å². The summed E-state index contributed by atoms with van der Waals surface area (Å²) in [6.07, 6.45) is 1.35. The molecule has 0 spiro atoms. The third kappa shape index (κ3) is 4.64. The fraction of sp³-hybridized carbons (Fsp3) is 0.500. The van der Waals surface area contributed by atoms with Crippen molar-refractivity contribution in [1.82, 2.24) is 0 Å². The molecule has 4 heteroatoms. The molecule has 0 aliphatic rings. The van der Waals surface area contributed by atoms with Crippen molar-refractivity contribution in [3.8, 4) is 17.6 Å². The second-order valence-electron chi connectivity index (χ2n) is 4.36. The molecule has 0 aliphatic carbocycles. The van der Waals surface area contributed by atoms with Crippen LogP contribution < -0.4 is 15.2 Å². The lowest BCUT2D eigenvalue weighted by molar-refractivity contribution is 0.266. The molecule has 4 nitrogen and oxygen atoms in total. The Morgan fingerprint density at radius 1 is 1.28 bits per heavy atom. The molecule has 1 rings (SSSR count). The van der Waals surface area contributed by atoms with E-state index in [2.05, 4.69) is 6.07 Å². The summed E-state index contributed by atoms with van der Waals surface area (Å²) >= 11 is 0. The predicted molar refractivity (Wildman–Crippen MR) is 70.5 cm³/mol. The van der Waals surface area contributed by atoms with Crippen LogP contribution in [-0.2, 0) is 0 Å². The van der Waals surface area contributed by atoms with Crippen LogP contribution in [0.2, 0.25) is 0 Å². The quantitative estimate of drug-likeness (QED) is 0.753. The number of nitrogens with zero attached hydrogens (tertiary/aromatic N) is 1. The Labute approximate surface area is 108 Å². The highest BCUT2D eigenvalue weighted by atomic mass is 16.5. The zero-order valence-electron chi connectivity index (χ0n) is 11.0. The van der Waals surface area contributed by atoms with Gasteiger partial charge in [0.2, 0.25) is 0 Å². The van der Waals surface area contributed by atoms with Crippen LogP contribution in [0.25, 0.3) is 0 Å². The molecule has 0 amide bonds. The zero-order chi connectivity index (χ0) is 13.4. The number of nitriles is 1. The van der Waals surface area contributed by atoms with Gasteiger partial charge >= 0.3 is 0 Å². The Kier molecular flexibility index (Phi) is 5.47. The molecular formula is C14H20N2O2. The van der Waals surface area contributed by atoms with Crippen molar-refractivity contribution in [2.24, 2.45) is 5.73 Å². The average molecular weight is 248 g/mol. The molecular weight excluding hydrogens is 228 g/mol. The first-order valence-corrected chi connectivity index (χ1v) is 6.14.